The van der Waals surface area contributed by atoms with Gasteiger partial charge in [0.05, 0.1) is 0 Å². The third kappa shape index (κ3) is 4.41. The molecular formula is C14H12ClF2NO. The van der Waals surface area contributed by atoms with Crippen molar-refractivity contribution in [2.45, 2.75) is 13.2 Å². The molecule has 0 radical (unpaired) electrons. The molecule has 0 fully saturated rings. The van der Waals surface area contributed by atoms with Crippen molar-refractivity contribution in [2.75, 3.05) is 5.32 Å². The van der Waals surface area contributed by atoms with Gasteiger partial charge in [0, 0.05) is 17.3 Å². The summed E-state index contributed by atoms with van der Waals surface area (Å²) in [5.74, 6) is 0.158. The molecule has 0 atom stereocenters. The predicted molar refractivity (Wildman–Crippen MR) is 71.9 cm³/mol. The SMILES string of the molecule is FC(F)Oc1ccc(CNc2ccc(Cl)cc2)cc1. The highest BCUT2D eigenvalue weighted by Crippen LogP contribution is 2.17. The first-order chi connectivity index (χ1) is 9.13. The minimum atomic E-state index is -2.79. The fourth-order valence-corrected chi connectivity index (χ4v) is 1.69. The van der Waals surface area contributed by atoms with Crippen molar-refractivity contribution in [1.29, 1.82) is 0 Å². The van der Waals surface area contributed by atoms with Crippen LogP contribution in [0.2, 0.25) is 5.02 Å². The van der Waals surface area contributed by atoms with Crippen molar-refractivity contribution in [2.24, 2.45) is 0 Å². The molecule has 0 aliphatic carbocycles. The maximum atomic E-state index is 12.0. The van der Waals surface area contributed by atoms with Gasteiger partial charge in [0.2, 0.25) is 0 Å². The Balaban J connectivity index is 1.91. The third-order valence-corrected chi connectivity index (χ3v) is 2.74. The highest BCUT2D eigenvalue weighted by Gasteiger charge is 2.03. The van der Waals surface area contributed by atoms with Gasteiger partial charge in [-0.25, -0.2) is 0 Å². The van der Waals surface area contributed by atoms with Gasteiger partial charge in [0.25, 0.3) is 0 Å². The molecule has 0 saturated carbocycles. The van der Waals surface area contributed by atoms with E-state index >= 15 is 0 Å². The summed E-state index contributed by atoms with van der Waals surface area (Å²) in [5, 5.41) is 3.88. The minimum Gasteiger partial charge on any atom is -0.435 e. The summed E-state index contributed by atoms with van der Waals surface area (Å²) in [4.78, 5) is 0. The summed E-state index contributed by atoms with van der Waals surface area (Å²) in [6, 6.07) is 13.8. The lowest BCUT2D eigenvalue weighted by Gasteiger charge is -2.08. The third-order valence-electron chi connectivity index (χ3n) is 2.49. The van der Waals surface area contributed by atoms with Gasteiger partial charge < -0.3 is 10.1 Å². The number of anilines is 1. The molecule has 0 unspecified atom stereocenters. The highest BCUT2D eigenvalue weighted by molar-refractivity contribution is 6.30. The molecule has 2 rings (SSSR count). The summed E-state index contributed by atoms with van der Waals surface area (Å²) in [7, 11) is 0. The van der Waals surface area contributed by atoms with E-state index < -0.39 is 6.61 Å². The number of ether oxygens (including phenoxy) is 1. The molecule has 19 heavy (non-hydrogen) atoms. The van der Waals surface area contributed by atoms with E-state index in [-0.39, 0.29) is 5.75 Å². The molecule has 0 amide bonds. The molecule has 0 saturated heterocycles. The maximum absolute atomic E-state index is 12.0. The van der Waals surface area contributed by atoms with E-state index in [1.165, 1.54) is 12.1 Å². The van der Waals surface area contributed by atoms with E-state index in [0.717, 1.165) is 11.3 Å². The summed E-state index contributed by atoms with van der Waals surface area (Å²) in [6.45, 7) is -2.20. The zero-order chi connectivity index (χ0) is 13.7. The number of benzene rings is 2. The molecule has 5 heteroatoms. The van der Waals surface area contributed by atoms with Gasteiger partial charge in [-0.3, -0.25) is 0 Å². The van der Waals surface area contributed by atoms with Gasteiger partial charge in [0.1, 0.15) is 5.75 Å². The van der Waals surface area contributed by atoms with Crippen LogP contribution in [-0.2, 0) is 6.54 Å². The molecule has 0 heterocycles. The normalized spacial score (nSPS) is 10.5. The molecule has 0 spiro atoms. The van der Waals surface area contributed by atoms with E-state index in [1.807, 2.05) is 12.1 Å². The standard InChI is InChI=1S/C14H12ClF2NO/c15-11-3-5-12(6-4-11)18-9-10-1-7-13(8-2-10)19-14(16)17/h1-8,14,18H,9H2. The minimum absolute atomic E-state index is 0.158. The second kappa shape index (κ2) is 6.38. The average molecular weight is 284 g/mol. The van der Waals surface area contributed by atoms with Crippen LogP contribution in [0.1, 0.15) is 5.56 Å². The van der Waals surface area contributed by atoms with Crippen LogP contribution in [-0.4, -0.2) is 6.61 Å². The van der Waals surface area contributed by atoms with Gasteiger partial charge in [-0.15, -0.1) is 0 Å². The topological polar surface area (TPSA) is 21.3 Å². The van der Waals surface area contributed by atoms with Crippen molar-refractivity contribution >= 4 is 17.3 Å². The molecule has 2 nitrogen and oxygen atoms in total. The van der Waals surface area contributed by atoms with E-state index in [9.17, 15) is 8.78 Å². The summed E-state index contributed by atoms with van der Waals surface area (Å²) < 4.78 is 28.2. The Morgan fingerprint density at radius 3 is 2.21 bits per heavy atom. The quantitative estimate of drug-likeness (QED) is 0.869. The molecule has 1 N–H and O–H groups in total. The molecule has 2 aromatic carbocycles. The van der Waals surface area contributed by atoms with E-state index in [4.69, 9.17) is 11.6 Å². The van der Waals surface area contributed by atoms with Gasteiger partial charge in [-0.05, 0) is 42.0 Å². The van der Waals surface area contributed by atoms with Crippen LogP contribution >= 0.6 is 11.6 Å². The van der Waals surface area contributed by atoms with Crippen LogP contribution in [0.5, 0.6) is 5.75 Å². The Labute approximate surface area is 115 Å². The van der Waals surface area contributed by atoms with Crippen LogP contribution in [0.25, 0.3) is 0 Å². The number of hydrogen-bond donors (Lipinski definition) is 1. The number of rotatable bonds is 5. The summed E-state index contributed by atoms with van der Waals surface area (Å²) in [5.41, 5.74) is 1.91. The first-order valence-electron chi connectivity index (χ1n) is 5.67. The van der Waals surface area contributed by atoms with Crippen molar-refractivity contribution in [3.63, 3.8) is 0 Å². The fraction of sp³-hybridized carbons (Fsp3) is 0.143. The summed E-state index contributed by atoms with van der Waals surface area (Å²) in [6.07, 6.45) is 0. The lowest BCUT2D eigenvalue weighted by Crippen LogP contribution is -2.02. The Hall–Kier alpha value is -1.81. The maximum Gasteiger partial charge on any atom is 0.387 e. The van der Waals surface area contributed by atoms with Crippen LogP contribution in [0.3, 0.4) is 0 Å². The van der Waals surface area contributed by atoms with Gasteiger partial charge in [-0.2, -0.15) is 8.78 Å². The van der Waals surface area contributed by atoms with Crippen LogP contribution < -0.4 is 10.1 Å². The molecule has 0 aliphatic rings. The molecule has 100 valence electrons. The molecule has 0 aromatic heterocycles. The Kier molecular flexibility index (Phi) is 4.58. The first-order valence-corrected chi connectivity index (χ1v) is 6.04. The number of alkyl halides is 2. The average Bonchev–Trinajstić information content (AvgIpc) is 2.39. The van der Waals surface area contributed by atoms with Crippen LogP contribution in [0.4, 0.5) is 14.5 Å². The van der Waals surface area contributed by atoms with Gasteiger partial charge in [0.15, 0.2) is 0 Å². The van der Waals surface area contributed by atoms with Gasteiger partial charge >= 0.3 is 6.61 Å². The van der Waals surface area contributed by atoms with Crippen LogP contribution in [0, 0.1) is 0 Å². The second-order valence-corrected chi connectivity index (χ2v) is 4.32. The monoisotopic (exact) mass is 283 g/mol. The molecule has 2 aromatic rings. The van der Waals surface area contributed by atoms with Crippen molar-refractivity contribution in [3.05, 3.63) is 59.1 Å². The molecule has 0 bridgehead atoms. The van der Waals surface area contributed by atoms with E-state index in [2.05, 4.69) is 10.1 Å². The predicted octanol–water partition coefficient (Wildman–Crippen LogP) is 4.55. The van der Waals surface area contributed by atoms with Crippen molar-refractivity contribution in [3.8, 4) is 5.75 Å². The lowest BCUT2D eigenvalue weighted by atomic mass is 10.2. The summed E-state index contributed by atoms with van der Waals surface area (Å²) >= 11 is 5.78. The Morgan fingerprint density at radius 2 is 1.63 bits per heavy atom. The first kappa shape index (κ1) is 13.6. The van der Waals surface area contributed by atoms with Crippen molar-refractivity contribution < 1.29 is 13.5 Å². The zero-order valence-electron chi connectivity index (χ0n) is 9.95. The van der Waals surface area contributed by atoms with Crippen molar-refractivity contribution in [1.82, 2.24) is 0 Å². The number of halogens is 3. The lowest BCUT2D eigenvalue weighted by molar-refractivity contribution is -0.0498. The molecule has 0 aliphatic heterocycles. The smallest absolute Gasteiger partial charge is 0.387 e. The fourth-order valence-electron chi connectivity index (χ4n) is 1.56. The Morgan fingerprint density at radius 1 is 1.00 bits per heavy atom. The highest BCUT2D eigenvalue weighted by atomic mass is 35.5. The van der Waals surface area contributed by atoms with Gasteiger partial charge in [-0.1, -0.05) is 23.7 Å². The Bertz CT molecular complexity index is 514. The largest absolute Gasteiger partial charge is 0.435 e. The van der Waals surface area contributed by atoms with E-state index in [1.54, 1.807) is 24.3 Å². The van der Waals surface area contributed by atoms with E-state index in [0.29, 0.717) is 11.6 Å². The zero-order valence-corrected chi connectivity index (χ0v) is 10.7. The van der Waals surface area contributed by atoms with Crippen LogP contribution in [0.15, 0.2) is 48.5 Å². The second-order valence-electron chi connectivity index (χ2n) is 3.88. The number of hydrogen-bond acceptors (Lipinski definition) is 2. The molecular weight excluding hydrogens is 272 g/mol. The number of nitrogens with one attached hydrogen (secondary N) is 1.